The number of amides is 1. The standard InChI is InChI=1S/C18H14BrClFN5O3/c19-13-9-12(5-6-14(13)21)22-17(24-28)16-18(26-29-25-16)23-15(27)7-4-10-2-1-3-11(20)8-10/h1-3,5-6,8-9,28H,4,7H2,(H,22,24)(H,23,26,27). The van der Waals surface area contributed by atoms with Crippen molar-refractivity contribution in [3.8, 4) is 0 Å². The van der Waals surface area contributed by atoms with Gasteiger partial charge in [-0.1, -0.05) is 23.7 Å². The lowest BCUT2D eigenvalue weighted by atomic mass is 10.1. The van der Waals surface area contributed by atoms with Crippen molar-refractivity contribution >= 4 is 50.8 Å². The summed E-state index contributed by atoms with van der Waals surface area (Å²) in [7, 11) is 0. The van der Waals surface area contributed by atoms with Gasteiger partial charge < -0.3 is 5.32 Å². The number of anilines is 1. The van der Waals surface area contributed by atoms with Gasteiger partial charge in [-0.25, -0.2) is 14.0 Å². The average Bonchev–Trinajstić information content (AvgIpc) is 3.15. The molecule has 3 N–H and O–H groups in total. The van der Waals surface area contributed by atoms with Gasteiger partial charge in [-0.2, -0.15) is 0 Å². The van der Waals surface area contributed by atoms with Crippen LogP contribution in [-0.4, -0.2) is 27.3 Å². The molecule has 0 saturated heterocycles. The van der Waals surface area contributed by atoms with Crippen molar-refractivity contribution in [2.45, 2.75) is 12.8 Å². The Morgan fingerprint density at radius 2 is 2.10 bits per heavy atom. The highest BCUT2D eigenvalue weighted by Crippen LogP contribution is 2.23. The maximum Gasteiger partial charge on any atom is 0.226 e. The van der Waals surface area contributed by atoms with Crippen LogP contribution in [0.15, 0.2) is 56.6 Å². The number of carbonyl (C=O) groups is 1. The van der Waals surface area contributed by atoms with E-state index < -0.39 is 5.82 Å². The zero-order chi connectivity index (χ0) is 20.8. The summed E-state index contributed by atoms with van der Waals surface area (Å²) in [4.78, 5) is 16.4. The highest BCUT2D eigenvalue weighted by Gasteiger charge is 2.19. The first-order valence-corrected chi connectivity index (χ1v) is 9.44. The van der Waals surface area contributed by atoms with Gasteiger partial charge in [0.2, 0.25) is 11.7 Å². The van der Waals surface area contributed by atoms with E-state index in [-0.39, 0.29) is 34.1 Å². The van der Waals surface area contributed by atoms with E-state index in [0.29, 0.717) is 17.1 Å². The van der Waals surface area contributed by atoms with E-state index in [2.05, 4.69) is 41.2 Å². The second-order valence-electron chi connectivity index (χ2n) is 5.81. The normalized spacial score (nSPS) is 11.4. The number of hydroxylamine groups is 1. The number of halogens is 3. The Kier molecular flexibility index (Phi) is 6.91. The fourth-order valence-electron chi connectivity index (χ4n) is 2.39. The number of hydrogen-bond donors (Lipinski definition) is 3. The van der Waals surface area contributed by atoms with Crippen LogP contribution in [-0.2, 0) is 11.2 Å². The molecule has 2 aromatic carbocycles. The smallest absolute Gasteiger partial charge is 0.226 e. The van der Waals surface area contributed by atoms with Gasteiger partial charge in [0.25, 0.3) is 0 Å². The zero-order valence-electron chi connectivity index (χ0n) is 14.7. The topological polar surface area (TPSA) is 113 Å². The van der Waals surface area contributed by atoms with Gasteiger partial charge in [0, 0.05) is 11.4 Å². The second kappa shape index (κ2) is 9.59. The number of aryl methyl sites for hydroxylation is 1. The van der Waals surface area contributed by atoms with Crippen LogP contribution in [0.2, 0.25) is 5.02 Å². The molecule has 0 bridgehead atoms. The Morgan fingerprint density at radius 3 is 2.83 bits per heavy atom. The third kappa shape index (κ3) is 5.59. The Bertz CT molecular complexity index is 1060. The van der Waals surface area contributed by atoms with Crippen molar-refractivity contribution in [1.29, 1.82) is 0 Å². The van der Waals surface area contributed by atoms with Crippen molar-refractivity contribution in [2.24, 2.45) is 4.99 Å². The highest BCUT2D eigenvalue weighted by atomic mass is 79.9. The molecule has 0 aliphatic heterocycles. The van der Waals surface area contributed by atoms with Crippen molar-refractivity contribution in [1.82, 2.24) is 15.8 Å². The van der Waals surface area contributed by atoms with Crippen LogP contribution in [0.4, 0.5) is 15.9 Å². The maximum atomic E-state index is 13.4. The molecule has 0 spiro atoms. The van der Waals surface area contributed by atoms with E-state index in [4.69, 9.17) is 11.6 Å². The average molecular weight is 483 g/mol. The molecule has 0 saturated carbocycles. The van der Waals surface area contributed by atoms with E-state index in [1.807, 2.05) is 11.5 Å². The lowest BCUT2D eigenvalue weighted by molar-refractivity contribution is -0.116. The third-order valence-electron chi connectivity index (χ3n) is 3.75. The number of benzene rings is 2. The van der Waals surface area contributed by atoms with Crippen molar-refractivity contribution in [3.63, 3.8) is 0 Å². The van der Waals surface area contributed by atoms with Gasteiger partial charge >= 0.3 is 0 Å². The molecule has 0 radical (unpaired) electrons. The minimum atomic E-state index is -0.460. The Labute approximate surface area is 177 Å². The number of aromatic nitrogens is 2. The van der Waals surface area contributed by atoms with Gasteiger partial charge in [0.1, 0.15) is 5.82 Å². The molecule has 11 heteroatoms. The molecule has 29 heavy (non-hydrogen) atoms. The Morgan fingerprint density at radius 1 is 1.28 bits per heavy atom. The lowest BCUT2D eigenvalue weighted by Gasteiger charge is -2.06. The molecule has 1 aromatic heterocycles. The fraction of sp³-hybridized carbons (Fsp3) is 0.111. The van der Waals surface area contributed by atoms with Gasteiger partial charge in [-0.05, 0) is 68.6 Å². The van der Waals surface area contributed by atoms with Gasteiger partial charge in [-0.3, -0.25) is 15.5 Å². The Hall–Kier alpha value is -2.82. The molecule has 3 rings (SSSR count). The minimum Gasteiger partial charge on any atom is -0.306 e. The zero-order valence-corrected chi connectivity index (χ0v) is 17.0. The monoisotopic (exact) mass is 481 g/mol. The predicted molar refractivity (Wildman–Crippen MR) is 108 cm³/mol. The number of amidine groups is 1. The van der Waals surface area contributed by atoms with Crippen LogP contribution in [0.25, 0.3) is 0 Å². The molecular formula is C18H14BrClFN5O3. The highest BCUT2D eigenvalue weighted by molar-refractivity contribution is 9.10. The third-order valence-corrected chi connectivity index (χ3v) is 4.59. The summed E-state index contributed by atoms with van der Waals surface area (Å²) >= 11 is 8.99. The van der Waals surface area contributed by atoms with Gasteiger partial charge in [0.05, 0.1) is 10.2 Å². The SMILES string of the molecule is O=C(CCc1cccc(Cl)c1)Nc1nonc1C(=Nc1ccc(F)c(Br)c1)NO. The van der Waals surface area contributed by atoms with E-state index in [9.17, 15) is 14.4 Å². The molecule has 0 fully saturated rings. The molecule has 0 atom stereocenters. The summed E-state index contributed by atoms with van der Waals surface area (Å²) in [5.74, 6) is -0.973. The van der Waals surface area contributed by atoms with E-state index in [1.54, 1.807) is 18.2 Å². The van der Waals surface area contributed by atoms with Gasteiger partial charge in [-0.15, -0.1) is 0 Å². The number of nitrogens with zero attached hydrogens (tertiary/aromatic N) is 3. The summed E-state index contributed by atoms with van der Waals surface area (Å²) in [6, 6.07) is 11.2. The summed E-state index contributed by atoms with van der Waals surface area (Å²) in [6.45, 7) is 0. The summed E-state index contributed by atoms with van der Waals surface area (Å²) in [6.07, 6.45) is 0.631. The lowest BCUT2D eigenvalue weighted by Crippen LogP contribution is -2.23. The summed E-state index contributed by atoms with van der Waals surface area (Å²) < 4.78 is 18.2. The van der Waals surface area contributed by atoms with Crippen LogP contribution < -0.4 is 10.8 Å². The molecule has 0 aliphatic rings. The van der Waals surface area contributed by atoms with Crippen molar-refractivity contribution < 1.29 is 19.0 Å². The molecule has 8 nitrogen and oxygen atoms in total. The number of nitrogens with one attached hydrogen (secondary N) is 2. The molecule has 1 heterocycles. The second-order valence-corrected chi connectivity index (χ2v) is 7.10. The molecule has 3 aromatic rings. The van der Waals surface area contributed by atoms with Gasteiger partial charge in [0.15, 0.2) is 11.5 Å². The first kappa shape index (κ1) is 20.9. The molecule has 0 aliphatic carbocycles. The number of rotatable bonds is 6. The Balaban J connectivity index is 1.72. The number of carbonyl (C=O) groups excluding carboxylic acids is 1. The molecular weight excluding hydrogens is 469 g/mol. The van der Waals surface area contributed by atoms with Crippen LogP contribution in [0.3, 0.4) is 0 Å². The van der Waals surface area contributed by atoms with Crippen LogP contribution in [0.1, 0.15) is 17.7 Å². The largest absolute Gasteiger partial charge is 0.306 e. The predicted octanol–water partition coefficient (Wildman–Crippen LogP) is 4.25. The summed E-state index contributed by atoms with van der Waals surface area (Å²) in [5, 5.41) is 19.8. The van der Waals surface area contributed by atoms with E-state index >= 15 is 0 Å². The van der Waals surface area contributed by atoms with E-state index in [1.165, 1.54) is 18.2 Å². The minimum absolute atomic E-state index is 0.0240. The van der Waals surface area contributed by atoms with Crippen LogP contribution in [0, 0.1) is 5.82 Å². The quantitative estimate of drug-likeness (QED) is 0.275. The van der Waals surface area contributed by atoms with E-state index in [0.717, 1.165) is 5.56 Å². The maximum absolute atomic E-state index is 13.4. The molecule has 1 amide bonds. The first-order valence-electron chi connectivity index (χ1n) is 8.27. The van der Waals surface area contributed by atoms with Crippen LogP contribution in [0.5, 0.6) is 0 Å². The first-order chi connectivity index (χ1) is 14.0. The number of aliphatic imine (C=N–C) groups is 1. The number of hydrogen-bond acceptors (Lipinski definition) is 6. The van der Waals surface area contributed by atoms with Crippen LogP contribution >= 0.6 is 27.5 Å². The molecule has 0 unspecified atom stereocenters. The van der Waals surface area contributed by atoms with Crippen molar-refractivity contribution in [2.75, 3.05) is 5.32 Å². The fourth-order valence-corrected chi connectivity index (χ4v) is 2.97. The van der Waals surface area contributed by atoms with Crippen molar-refractivity contribution in [3.05, 3.63) is 69.0 Å². The summed E-state index contributed by atoms with van der Waals surface area (Å²) in [5.41, 5.74) is 3.08. The molecule has 150 valence electrons.